The van der Waals surface area contributed by atoms with Crippen molar-refractivity contribution in [2.45, 2.75) is 18.9 Å². The van der Waals surface area contributed by atoms with Gasteiger partial charge in [0.15, 0.2) is 0 Å². The minimum Gasteiger partial charge on any atom is -0.357 e. The van der Waals surface area contributed by atoms with Crippen LogP contribution in [0.3, 0.4) is 0 Å². The Bertz CT molecular complexity index is 1190. The molecule has 11 heteroatoms. The van der Waals surface area contributed by atoms with E-state index in [4.69, 9.17) is 4.52 Å². The second kappa shape index (κ2) is 7.91. The van der Waals surface area contributed by atoms with Crippen LogP contribution < -0.4 is 20.4 Å². The maximum Gasteiger partial charge on any atom is 0.316 e. The SMILES string of the molecule is CNC(=O)c1nc(-c2cccc(N3CC4CCCN4c4nc(NC)ncc4C3=O)c2)no1. The normalized spacial score (nSPS) is 17.6. The number of anilines is 3. The molecular weight excluding hydrogens is 412 g/mol. The molecule has 0 aliphatic carbocycles. The van der Waals surface area contributed by atoms with Gasteiger partial charge in [-0.1, -0.05) is 17.3 Å². The van der Waals surface area contributed by atoms with Crippen molar-refractivity contribution in [1.82, 2.24) is 25.4 Å². The van der Waals surface area contributed by atoms with Gasteiger partial charge in [0.2, 0.25) is 11.8 Å². The minimum absolute atomic E-state index is 0.119. The first-order valence-corrected chi connectivity index (χ1v) is 10.4. The molecule has 2 aliphatic rings. The highest BCUT2D eigenvalue weighted by molar-refractivity contribution is 6.10. The van der Waals surface area contributed by atoms with E-state index < -0.39 is 5.91 Å². The third-order valence-corrected chi connectivity index (χ3v) is 5.77. The Balaban J connectivity index is 1.53. The van der Waals surface area contributed by atoms with Crippen molar-refractivity contribution in [2.24, 2.45) is 0 Å². The molecule has 0 saturated carbocycles. The first-order valence-electron chi connectivity index (χ1n) is 10.4. The first-order chi connectivity index (χ1) is 15.6. The number of nitrogens with zero attached hydrogens (tertiary/aromatic N) is 6. The predicted molar refractivity (Wildman–Crippen MR) is 117 cm³/mol. The van der Waals surface area contributed by atoms with Crippen molar-refractivity contribution in [3.63, 3.8) is 0 Å². The van der Waals surface area contributed by atoms with E-state index in [1.165, 1.54) is 7.05 Å². The summed E-state index contributed by atoms with van der Waals surface area (Å²) in [5.41, 5.74) is 1.82. The van der Waals surface area contributed by atoms with Gasteiger partial charge in [-0.25, -0.2) is 4.98 Å². The van der Waals surface area contributed by atoms with Gasteiger partial charge in [0.05, 0.1) is 0 Å². The number of hydrogen-bond acceptors (Lipinski definition) is 9. The number of carbonyl (C=O) groups excluding carboxylic acids is 2. The quantitative estimate of drug-likeness (QED) is 0.628. The van der Waals surface area contributed by atoms with Gasteiger partial charge in [-0.3, -0.25) is 9.59 Å². The topological polar surface area (TPSA) is 129 Å². The summed E-state index contributed by atoms with van der Waals surface area (Å²) in [4.78, 5) is 42.3. The Kier molecular flexibility index (Phi) is 4.92. The van der Waals surface area contributed by atoms with Crippen LogP contribution >= 0.6 is 0 Å². The highest BCUT2D eigenvalue weighted by Crippen LogP contribution is 2.34. The summed E-state index contributed by atoms with van der Waals surface area (Å²) in [5.74, 6) is 0.699. The molecule has 2 aromatic heterocycles. The largest absolute Gasteiger partial charge is 0.357 e. The molecule has 1 atom stereocenters. The van der Waals surface area contributed by atoms with Gasteiger partial charge in [0, 0.05) is 50.7 Å². The molecule has 0 bridgehead atoms. The number of rotatable bonds is 4. The molecule has 3 aromatic rings. The van der Waals surface area contributed by atoms with Crippen LogP contribution in [0.1, 0.15) is 33.9 Å². The number of hydrogen-bond donors (Lipinski definition) is 2. The Hall–Kier alpha value is -4.02. The van der Waals surface area contributed by atoms with Gasteiger partial charge in [-0.2, -0.15) is 9.97 Å². The molecule has 1 saturated heterocycles. The maximum atomic E-state index is 13.5. The Labute approximate surface area is 183 Å². The molecule has 1 unspecified atom stereocenters. The number of fused-ring (bicyclic) bond motifs is 3. The summed E-state index contributed by atoms with van der Waals surface area (Å²) in [6.45, 7) is 1.38. The molecule has 11 nitrogen and oxygen atoms in total. The van der Waals surface area contributed by atoms with Gasteiger partial charge in [-0.05, 0) is 25.0 Å². The molecule has 4 heterocycles. The molecule has 5 rings (SSSR count). The maximum absolute atomic E-state index is 13.5. The number of nitrogens with one attached hydrogen (secondary N) is 2. The molecule has 1 fully saturated rings. The number of benzene rings is 1. The monoisotopic (exact) mass is 434 g/mol. The summed E-state index contributed by atoms with van der Waals surface area (Å²) < 4.78 is 5.04. The van der Waals surface area contributed by atoms with Crippen LogP contribution in [0.5, 0.6) is 0 Å². The summed E-state index contributed by atoms with van der Waals surface area (Å²) >= 11 is 0. The van der Waals surface area contributed by atoms with Crippen LogP contribution in [-0.4, -0.2) is 65.1 Å². The summed E-state index contributed by atoms with van der Waals surface area (Å²) in [6.07, 6.45) is 3.60. The molecule has 1 aromatic carbocycles. The molecular formula is C21H22N8O3. The van der Waals surface area contributed by atoms with E-state index in [9.17, 15) is 9.59 Å². The number of aromatic nitrogens is 4. The lowest BCUT2D eigenvalue weighted by Gasteiger charge is -2.27. The van der Waals surface area contributed by atoms with Crippen molar-refractivity contribution in [3.05, 3.63) is 41.9 Å². The third kappa shape index (κ3) is 3.31. The van der Waals surface area contributed by atoms with Crippen LogP contribution in [-0.2, 0) is 0 Å². The molecule has 2 aliphatic heterocycles. The van der Waals surface area contributed by atoms with Crippen LogP contribution in [0.25, 0.3) is 11.4 Å². The van der Waals surface area contributed by atoms with Crippen LogP contribution in [0.4, 0.5) is 17.5 Å². The second-order valence-corrected chi connectivity index (χ2v) is 7.64. The van der Waals surface area contributed by atoms with E-state index in [2.05, 4.69) is 35.6 Å². The summed E-state index contributed by atoms with van der Waals surface area (Å²) in [7, 11) is 3.25. The lowest BCUT2D eigenvalue weighted by Crippen LogP contribution is -2.39. The zero-order valence-corrected chi connectivity index (χ0v) is 17.7. The Morgan fingerprint density at radius 3 is 2.94 bits per heavy atom. The van der Waals surface area contributed by atoms with Crippen LogP contribution in [0.15, 0.2) is 35.0 Å². The second-order valence-electron chi connectivity index (χ2n) is 7.64. The number of amides is 2. The Morgan fingerprint density at radius 1 is 1.25 bits per heavy atom. The van der Waals surface area contributed by atoms with Crippen molar-refractivity contribution < 1.29 is 14.1 Å². The lowest BCUT2D eigenvalue weighted by molar-refractivity contribution is 0.0919. The number of carbonyl (C=O) groups is 2. The fourth-order valence-corrected chi connectivity index (χ4v) is 4.18. The molecule has 2 amide bonds. The van der Waals surface area contributed by atoms with E-state index >= 15 is 0 Å². The van der Waals surface area contributed by atoms with Crippen molar-refractivity contribution in [1.29, 1.82) is 0 Å². The van der Waals surface area contributed by atoms with E-state index in [0.717, 1.165) is 19.4 Å². The smallest absolute Gasteiger partial charge is 0.316 e. The van der Waals surface area contributed by atoms with Crippen LogP contribution in [0.2, 0.25) is 0 Å². The predicted octanol–water partition coefficient (Wildman–Crippen LogP) is 1.56. The van der Waals surface area contributed by atoms with Crippen molar-refractivity contribution >= 4 is 29.3 Å². The molecule has 2 N–H and O–H groups in total. The van der Waals surface area contributed by atoms with E-state index in [1.54, 1.807) is 18.1 Å². The van der Waals surface area contributed by atoms with E-state index in [0.29, 0.717) is 35.1 Å². The molecule has 0 spiro atoms. The first kappa shape index (κ1) is 19.9. The fraction of sp³-hybridized carbons (Fsp3) is 0.333. The van der Waals surface area contributed by atoms with Gasteiger partial charge >= 0.3 is 11.8 Å². The van der Waals surface area contributed by atoms with Gasteiger partial charge in [-0.15, -0.1) is 0 Å². The molecule has 164 valence electrons. The highest BCUT2D eigenvalue weighted by Gasteiger charge is 2.37. The zero-order chi connectivity index (χ0) is 22.2. The zero-order valence-electron chi connectivity index (χ0n) is 17.7. The highest BCUT2D eigenvalue weighted by atomic mass is 16.5. The fourth-order valence-electron chi connectivity index (χ4n) is 4.18. The van der Waals surface area contributed by atoms with Crippen molar-refractivity contribution in [2.75, 3.05) is 42.3 Å². The third-order valence-electron chi connectivity index (χ3n) is 5.77. The summed E-state index contributed by atoms with van der Waals surface area (Å²) in [5, 5.41) is 9.30. The van der Waals surface area contributed by atoms with Gasteiger partial charge in [0.1, 0.15) is 11.4 Å². The molecule has 0 radical (unpaired) electrons. The standard InChI is InChI=1S/C21H22N8O3/c1-22-18(30)19-25-16(27-32-19)12-5-3-6-13(9-12)29-11-14-7-4-8-28(14)17-15(20(29)31)10-24-21(23-2)26-17/h3,5-6,9-10,14H,4,7-8,11H2,1-2H3,(H,22,30)(H,23,24,26). The van der Waals surface area contributed by atoms with Crippen LogP contribution in [0, 0.1) is 0 Å². The molecule has 32 heavy (non-hydrogen) atoms. The van der Waals surface area contributed by atoms with Gasteiger partial charge < -0.3 is 25.0 Å². The Morgan fingerprint density at radius 2 is 2.12 bits per heavy atom. The lowest BCUT2D eigenvalue weighted by atomic mass is 10.1. The average Bonchev–Trinajstić information content (AvgIpc) is 3.49. The van der Waals surface area contributed by atoms with E-state index in [-0.39, 0.29) is 23.7 Å². The summed E-state index contributed by atoms with van der Waals surface area (Å²) in [6, 6.07) is 7.49. The van der Waals surface area contributed by atoms with Crippen molar-refractivity contribution in [3.8, 4) is 11.4 Å². The van der Waals surface area contributed by atoms with E-state index in [1.807, 2.05) is 24.3 Å². The average molecular weight is 434 g/mol. The minimum atomic E-state index is -0.457. The van der Waals surface area contributed by atoms with Gasteiger partial charge in [0.25, 0.3) is 5.91 Å².